The summed E-state index contributed by atoms with van der Waals surface area (Å²) < 4.78 is 34.5. The molecule has 2 aromatic heterocycles. The molecule has 0 aliphatic heterocycles. The van der Waals surface area contributed by atoms with Gasteiger partial charge in [0.05, 0.1) is 23.7 Å². The molecular formula is C19H21F2N5O3. The van der Waals surface area contributed by atoms with E-state index in [1.807, 2.05) is 6.07 Å². The smallest absolute Gasteiger partial charge is 0.388 e. The number of nitrogens with one attached hydrogen (secondary N) is 2. The Labute approximate surface area is 165 Å². The third kappa shape index (κ3) is 4.68. The predicted octanol–water partition coefficient (Wildman–Crippen LogP) is 3.14. The van der Waals surface area contributed by atoms with Gasteiger partial charge in [-0.25, -0.2) is 9.97 Å². The number of nitrogens with zero attached hydrogens (tertiary/aromatic N) is 3. The monoisotopic (exact) mass is 405 g/mol. The van der Waals surface area contributed by atoms with Gasteiger partial charge in [0.2, 0.25) is 5.88 Å². The van der Waals surface area contributed by atoms with Crippen molar-refractivity contribution in [2.45, 2.75) is 39.2 Å². The Morgan fingerprint density at radius 2 is 2.10 bits per heavy atom. The van der Waals surface area contributed by atoms with Crippen molar-refractivity contribution >= 4 is 11.5 Å². The Morgan fingerprint density at radius 3 is 2.69 bits per heavy atom. The Kier molecular flexibility index (Phi) is 6.08. The fraction of sp³-hybridized carbons (Fsp3) is 0.474. The van der Waals surface area contributed by atoms with E-state index in [9.17, 15) is 18.8 Å². The minimum atomic E-state index is -2.99. The van der Waals surface area contributed by atoms with Crippen LogP contribution in [0.1, 0.15) is 41.4 Å². The van der Waals surface area contributed by atoms with E-state index in [2.05, 4.69) is 25.0 Å². The average Bonchev–Trinajstić information content (AvgIpc) is 3.49. The van der Waals surface area contributed by atoms with Crippen molar-refractivity contribution < 1.29 is 18.3 Å². The number of halogens is 2. The van der Waals surface area contributed by atoms with E-state index in [0.717, 1.165) is 12.8 Å². The number of methoxy groups -OCH3 is 1. The van der Waals surface area contributed by atoms with Gasteiger partial charge in [-0.05, 0) is 38.7 Å². The summed E-state index contributed by atoms with van der Waals surface area (Å²) in [6.45, 7) is 0.538. The minimum absolute atomic E-state index is 0.0795. The maximum absolute atomic E-state index is 12.6. The number of ether oxygens (including phenoxy) is 2. The summed E-state index contributed by atoms with van der Waals surface area (Å²) in [6, 6.07) is 3.56. The zero-order valence-corrected chi connectivity index (χ0v) is 16.3. The number of H-pyrrole nitrogens is 1. The first-order valence-corrected chi connectivity index (χ1v) is 9.07. The first-order valence-electron chi connectivity index (χ1n) is 9.07. The number of aryl methyl sites for hydroxylation is 2. The molecule has 1 atom stereocenters. The quantitative estimate of drug-likeness (QED) is 0.694. The van der Waals surface area contributed by atoms with Crippen LogP contribution in [0.3, 0.4) is 0 Å². The van der Waals surface area contributed by atoms with Crippen molar-refractivity contribution in [3.05, 3.63) is 39.1 Å². The lowest BCUT2D eigenvalue weighted by Crippen LogP contribution is -2.22. The second kappa shape index (κ2) is 8.53. The van der Waals surface area contributed by atoms with E-state index < -0.39 is 12.2 Å². The van der Waals surface area contributed by atoms with Gasteiger partial charge in [0.25, 0.3) is 5.56 Å². The standard InChI is InChI=1S/C19H21F2N5O3/c1-9-6-13(10(2)23-18(9)29-19(20)21)24-16-17(27)26-15(14(7-22)25-16)12(8-28-3)11-4-5-11/h6,11-12,19H,4-5,8H2,1-3H3,(H,24,25)(H,26,27). The Bertz CT molecular complexity index is 999. The van der Waals surface area contributed by atoms with Crippen LogP contribution < -0.4 is 15.6 Å². The number of aromatic nitrogens is 3. The highest BCUT2D eigenvalue weighted by Gasteiger charge is 2.35. The highest BCUT2D eigenvalue weighted by molar-refractivity contribution is 5.60. The number of pyridine rings is 1. The van der Waals surface area contributed by atoms with Crippen LogP contribution >= 0.6 is 0 Å². The topological polar surface area (TPSA) is 113 Å². The van der Waals surface area contributed by atoms with Gasteiger partial charge in [-0.15, -0.1) is 0 Å². The van der Waals surface area contributed by atoms with Crippen LogP contribution in [0.5, 0.6) is 5.88 Å². The Balaban J connectivity index is 1.93. The molecule has 0 spiro atoms. The molecule has 1 aliphatic rings. The van der Waals surface area contributed by atoms with E-state index >= 15 is 0 Å². The molecule has 10 heteroatoms. The SMILES string of the molecule is COCC(c1[nH]c(=O)c(Nc2cc(C)c(OC(F)F)nc2C)nc1C#N)C1CC1. The molecule has 8 nitrogen and oxygen atoms in total. The van der Waals surface area contributed by atoms with Gasteiger partial charge in [0, 0.05) is 18.6 Å². The summed E-state index contributed by atoms with van der Waals surface area (Å²) in [7, 11) is 1.57. The molecule has 1 saturated carbocycles. The van der Waals surface area contributed by atoms with E-state index in [0.29, 0.717) is 35.2 Å². The Morgan fingerprint density at radius 1 is 1.38 bits per heavy atom. The molecule has 0 saturated heterocycles. The molecule has 0 amide bonds. The molecule has 0 aromatic carbocycles. The number of hydrogen-bond acceptors (Lipinski definition) is 7. The molecular weight excluding hydrogens is 384 g/mol. The van der Waals surface area contributed by atoms with Crippen LogP contribution in [-0.4, -0.2) is 35.3 Å². The van der Waals surface area contributed by atoms with Gasteiger partial charge in [0.1, 0.15) is 6.07 Å². The van der Waals surface area contributed by atoms with Crippen molar-refractivity contribution in [2.24, 2.45) is 5.92 Å². The largest absolute Gasteiger partial charge is 0.417 e. The highest BCUT2D eigenvalue weighted by atomic mass is 19.3. The van der Waals surface area contributed by atoms with Crippen LogP contribution in [0.4, 0.5) is 20.3 Å². The van der Waals surface area contributed by atoms with Gasteiger partial charge >= 0.3 is 6.61 Å². The lowest BCUT2D eigenvalue weighted by molar-refractivity contribution is -0.0533. The lowest BCUT2D eigenvalue weighted by atomic mass is 9.98. The summed E-state index contributed by atoms with van der Waals surface area (Å²) in [6.07, 6.45) is 2.02. The van der Waals surface area contributed by atoms with E-state index in [1.165, 1.54) is 6.07 Å². The second-order valence-corrected chi connectivity index (χ2v) is 6.93. The van der Waals surface area contributed by atoms with Gasteiger partial charge in [-0.3, -0.25) is 4.79 Å². The van der Waals surface area contributed by atoms with E-state index in [4.69, 9.17) is 4.74 Å². The molecule has 0 bridgehead atoms. The summed E-state index contributed by atoms with van der Waals surface area (Å²) in [5.74, 6) is -0.0102. The van der Waals surface area contributed by atoms with Crippen molar-refractivity contribution in [3.8, 4) is 11.9 Å². The van der Waals surface area contributed by atoms with E-state index in [-0.39, 0.29) is 23.3 Å². The number of aromatic amines is 1. The van der Waals surface area contributed by atoms with Crippen LogP contribution in [-0.2, 0) is 4.74 Å². The van der Waals surface area contributed by atoms with Crippen molar-refractivity contribution in [1.29, 1.82) is 5.26 Å². The zero-order valence-electron chi connectivity index (χ0n) is 16.3. The minimum Gasteiger partial charge on any atom is -0.417 e. The molecule has 1 fully saturated rings. The van der Waals surface area contributed by atoms with Gasteiger partial charge in [-0.2, -0.15) is 14.0 Å². The summed E-state index contributed by atoms with van der Waals surface area (Å²) in [5, 5.41) is 12.4. The fourth-order valence-electron chi connectivity index (χ4n) is 3.18. The van der Waals surface area contributed by atoms with Crippen LogP contribution in [0.15, 0.2) is 10.9 Å². The zero-order chi connectivity index (χ0) is 21.1. The van der Waals surface area contributed by atoms with E-state index in [1.54, 1.807) is 21.0 Å². The molecule has 0 radical (unpaired) electrons. The van der Waals surface area contributed by atoms with Gasteiger partial charge < -0.3 is 19.8 Å². The second-order valence-electron chi connectivity index (χ2n) is 6.93. The third-order valence-corrected chi connectivity index (χ3v) is 4.77. The van der Waals surface area contributed by atoms with Gasteiger partial charge in [-0.1, -0.05) is 0 Å². The van der Waals surface area contributed by atoms with Crippen LogP contribution in [0.2, 0.25) is 0 Å². The summed E-state index contributed by atoms with van der Waals surface area (Å²) in [4.78, 5) is 23.6. The van der Waals surface area contributed by atoms with Crippen molar-refractivity contribution in [1.82, 2.24) is 15.0 Å². The number of rotatable bonds is 8. The predicted molar refractivity (Wildman–Crippen MR) is 101 cm³/mol. The molecule has 2 heterocycles. The molecule has 2 N–H and O–H groups in total. The summed E-state index contributed by atoms with van der Waals surface area (Å²) >= 11 is 0. The molecule has 3 rings (SSSR count). The highest BCUT2D eigenvalue weighted by Crippen LogP contribution is 2.42. The number of alkyl halides is 2. The molecule has 1 aliphatic carbocycles. The number of anilines is 2. The first-order chi connectivity index (χ1) is 13.8. The van der Waals surface area contributed by atoms with Crippen LogP contribution in [0, 0.1) is 31.1 Å². The normalized spacial score (nSPS) is 14.5. The number of nitriles is 1. The first kappa shape index (κ1) is 20.7. The maximum Gasteiger partial charge on any atom is 0.388 e. The fourth-order valence-corrected chi connectivity index (χ4v) is 3.18. The average molecular weight is 405 g/mol. The van der Waals surface area contributed by atoms with Crippen molar-refractivity contribution in [2.75, 3.05) is 19.0 Å². The molecule has 29 heavy (non-hydrogen) atoms. The Hall–Kier alpha value is -3.06. The molecule has 1 unspecified atom stereocenters. The maximum atomic E-state index is 12.6. The van der Waals surface area contributed by atoms with Crippen molar-refractivity contribution in [3.63, 3.8) is 0 Å². The van der Waals surface area contributed by atoms with Crippen LogP contribution in [0.25, 0.3) is 0 Å². The summed E-state index contributed by atoms with van der Waals surface area (Å²) in [5.41, 5.74) is 1.19. The lowest BCUT2D eigenvalue weighted by Gasteiger charge is -2.17. The van der Waals surface area contributed by atoms with Gasteiger partial charge in [0.15, 0.2) is 11.5 Å². The third-order valence-electron chi connectivity index (χ3n) is 4.77. The molecule has 154 valence electrons. The molecule has 2 aromatic rings. The number of hydrogen-bond donors (Lipinski definition) is 2.